The highest BCUT2D eigenvalue weighted by Gasteiger charge is 2.24. The Labute approximate surface area is 204 Å². The van der Waals surface area contributed by atoms with E-state index in [1.54, 1.807) is 12.1 Å². The van der Waals surface area contributed by atoms with E-state index in [1.807, 2.05) is 13.8 Å². The first-order valence-electron chi connectivity index (χ1n) is 9.63. The Hall–Kier alpha value is -2.73. The van der Waals surface area contributed by atoms with Crippen LogP contribution in [0.5, 0.6) is 0 Å². The Balaban J connectivity index is 1.78. The number of hydrogen-bond donors (Lipinski definition) is 3. The Kier molecular flexibility index (Phi) is 7.90. The lowest BCUT2D eigenvalue weighted by atomic mass is 10.1. The predicted molar refractivity (Wildman–Crippen MR) is 129 cm³/mol. The SMILES string of the molecule is CC[C@@H](C)NC(=O)c1ccccc1NS(=O)(=O)c1nnc(NC(=O)c2ccc(Cl)cc2Cl)s1. The molecule has 0 aliphatic rings. The fourth-order valence-electron chi connectivity index (χ4n) is 2.57. The molecule has 1 atom stereocenters. The monoisotopic (exact) mass is 527 g/mol. The van der Waals surface area contributed by atoms with Gasteiger partial charge >= 0.3 is 0 Å². The summed E-state index contributed by atoms with van der Waals surface area (Å²) in [5, 5.41) is 13.1. The van der Waals surface area contributed by atoms with E-state index >= 15 is 0 Å². The van der Waals surface area contributed by atoms with Crippen molar-refractivity contribution in [3.8, 4) is 0 Å². The summed E-state index contributed by atoms with van der Waals surface area (Å²) in [5.41, 5.74) is 0.392. The average molecular weight is 528 g/mol. The number of rotatable bonds is 8. The van der Waals surface area contributed by atoms with Gasteiger partial charge in [0.1, 0.15) is 0 Å². The second-order valence-electron chi connectivity index (χ2n) is 6.89. The Morgan fingerprint density at radius 2 is 1.79 bits per heavy atom. The van der Waals surface area contributed by atoms with Crippen LogP contribution < -0.4 is 15.4 Å². The van der Waals surface area contributed by atoms with Crippen molar-refractivity contribution >= 4 is 67.2 Å². The average Bonchev–Trinajstić information content (AvgIpc) is 3.23. The number of para-hydroxylation sites is 1. The molecule has 0 saturated carbocycles. The van der Waals surface area contributed by atoms with Crippen LogP contribution in [-0.4, -0.2) is 36.5 Å². The second kappa shape index (κ2) is 10.5. The zero-order valence-corrected chi connectivity index (χ0v) is 20.6. The van der Waals surface area contributed by atoms with Crippen molar-refractivity contribution in [2.75, 3.05) is 10.0 Å². The number of carbonyl (C=O) groups excluding carboxylic acids is 2. The minimum absolute atomic E-state index is 0.0470. The van der Waals surface area contributed by atoms with Gasteiger partial charge in [-0.3, -0.25) is 19.6 Å². The summed E-state index contributed by atoms with van der Waals surface area (Å²) in [5.74, 6) is -1.01. The molecule has 2 aromatic carbocycles. The van der Waals surface area contributed by atoms with Crippen LogP contribution in [0.3, 0.4) is 0 Å². The van der Waals surface area contributed by atoms with Crippen LogP contribution in [0.25, 0.3) is 0 Å². The van der Waals surface area contributed by atoms with E-state index in [1.165, 1.54) is 30.3 Å². The molecule has 1 aromatic heterocycles. The van der Waals surface area contributed by atoms with Crippen LogP contribution in [-0.2, 0) is 10.0 Å². The summed E-state index contributed by atoms with van der Waals surface area (Å²) in [6.45, 7) is 3.77. The minimum Gasteiger partial charge on any atom is -0.350 e. The van der Waals surface area contributed by atoms with Gasteiger partial charge in [0.25, 0.3) is 26.2 Å². The van der Waals surface area contributed by atoms with E-state index in [9.17, 15) is 18.0 Å². The molecule has 3 aromatic rings. The first-order chi connectivity index (χ1) is 15.6. The molecular weight excluding hydrogens is 509 g/mol. The van der Waals surface area contributed by atoms with Crippen LogP contribution in [0, 0.1) is 0 Å². The molecular formula is C20H19Cl2N5O4S2. The Bertz CT molecular complexity index is 1300. The lowest BCUT2D eigenvalue weighted by Crippen LogP contribution is -2.32. The number of aromatic nitrogens is 2. The number of amides is 2. The number of anilines is 2. The number of benzene rings is 2. The van der Waals surface area contributed by atoms with Crippen molar-refractivity contribution in [3.05, 3.63) is 63.6 Å². The molecule has 13 heteroatoms. The second-order valence-corrected chi connectivity index (χ2v) is 10.6. The molecule has 0 bridgehead atoms. The molecule has 0 radical (unpaired) electrons. The van der Waals surface area contributed by atoms with Crippen LogP contribution >= 0.6 is 34.5 Å². The molecule has 0 unspecified atom stereocenters. The van der Waals surface area contributed by atoms with E-state index in [4.69, 9.17) is 23.2 Å². The highest BCUT2D eigenvalue weighted by molar-refractivity contribution is 7.94. The summed E-state index contributed by atoms with van der Waals surface area (Å²) in [7, 11) is -4.18. The fraction of sp³-hybridized carbons (Fsp3) is 0.200. The van der Waals surface area contributed by atoms with Crippen LogP contribution in [0.4, 0.5) is 10.8 Å². The molecule has 3 N–H and O–H groups in total. The number of halogens is 2. The van der Waals surface area contributed by atoms with Gasteiger partial charge in [0.2, 0.25) is 5.13 Å². The van der Waals surface area contributed by atoms with E-state index in [2.05, 4.69) is 25.6 Å². The quantitative estimate of drug-likeness (QED) is 0.371. The summed E-state index contributed by atoms with van der Waals surface area (Å²) >= 11 is 12.5. The van der Waals surface area contributed by atoms with Gasteiger partial charge in [0.15, 0.2) is 0 Å². The predicted octanol–water partition coefficient (Wildman–Crippen LogP) is 4.43. The van der Waals surface area contributed by atoms with Crippen molar-refractivity contribution in [1.29, 1.82) is 0 Å². The van der Waals surface area contributed by atoms with Gasteiger partial charge in [-0.1, -0.05) is 53.6 Å². The third kappa shape index (κ3) is 6.20. The highest BCUT2D eigenvalue weighted by Crippen LogP contribution is 2.26. The molecule has 9 nitrogen and oxygen atoms in total. The highest BCUT2D eigenvalue weighted by atomic mass is 35.5. The van der Waals surface area contributed by atoms with Gasteiger partial charge in [-0.25, -0.2) is 0 Å². The Morgan fingerprint density at radius 3 is 2.48 bits per heavy atom. The van der Waals surface area contributed by atoms with Crippen LogP contribution in [0.2, 0.25) is 10.0 Å². The lowest BCUT2D eigenvalue weighted by molar-refractivity contribution is 0.0939. The van der Waals surface area contributed by atoms with Gasteiger partial charge in [0, 0.05) is 11.1 Å². The summed E-state index contributed by atoms with van der Waals surface area (Å²) in [6.07, 6.45) is 0.722. The van der Waals surface area contributed by atoms with Crippen molar-refractivity contribution in [2.45, 2.75) is 30.6 Å². The first kappa shape index (κ1) is 24.9. The molecule has 0 aliphatic carbocycles. The third-order valence-electron chi connectivity index (χ3n) is 4.44. The van der Waals surface area contributed by atoms with Crippen molar-refractivity contribution in [1.82, 2.24) is 15.5 Å². The number of hydrogen-bond acceptors (Lipinski definition) is 7. The summed E-state index contributed by atoms with van der Waals surface area (Å²) in [4.78, 5) is 24.9. The first-order valence-corrected chi connectivity index (χ1v) is 12.7. The van der Waals surface area contributed by atoms with Gasteiger partial charge in [-0.2, -0.15) is 8.42 Å². The molecule has 2 amide bonds. The minimum atomic E-state index is -4.18. The van der Waals surface area contributed by atoms with Crippen molar-refractivity contribution in [2.24, 2.45) is 0 Å². The van der Waals surface area contributed by atoms with Crippen molar-refractivity contribution in [3.63, 3.8) is 0 Å². The molecule has 0 fully saturated rings. The normalized spacial score (nSPS) is 12.1. The fourth-order valence-corrected chi connectivity index (χ4v) is 5.04. The Morgan fingerprint density at radius 1 is 1.06 bits per heavy atom. The number of carbonyl (C=O) groups is 2. The molecule has 0 spiro atoms. The topological polar surface area (TPSA) is 130 Å². The molecule has 0 aliphatic heterocycles. The van der Waals surface area contributed by atoms with Crippen LogP contribution in [0.1, 0.15) is 41.0 Å². The molecule has 33 heavy (non-hydrogen) atoms. The maximum atomic E-state index is 12.8. The maximum absolute atomic E-state index is 12.8. The van der Waals surface area contributed by atoms with Gasteiger partial charge in [-0.05, 0) is 43.7 Å². The van der Waals surface area contributed by atoms with E-state index < -0.39 is 26.2 Å². The molecule has 1 heterocycles. The van der Waals surface area contributed by atoms with E-state index in [-0.39, 0.29) is 33.0 Å². The smallest absolute Gasteiger partial charge is 0.291 e. The summed E-state index contributed by atoms with van der Waals surface area (Å²) < 4.78 is 27.6. The van der Waals surface area contributed by atoms with E-state index in [0.29, 0.717) is 16.4 Å². The maximum Gasteiger partial charge on any atom is 0.291 e. The van der Waals surface area contributed by atoms with E-state index in [0.717, 1.165) is 6.42 Å². The summed E-state index contributed by atoms with van der Waals surface area (Å²) in [6, 6.07) is 10.5. The molecule has 0 saturated heterocycles. The largest absolute Gasteiger partial charge is 0.350 e. The number of nitrogens with one attached hydrogen (secondary N) is 3. The number of nitrogens with zero attached hydrogens (tertiary/aromatic N) is 2. The molecule has 174 valence electrons. The zero-order valence-electron chi connectivity index (χ0n) is 17.4. The van der Waals surface area contributed by atoms with Crippen molar-refractivity contribution < 1.29 is 18.0 Å². The third-order valence-corrected chi connectivity index (χ3v) is 7.56. The lowest BCUT2D eigenvalue weighted by Gasteiger charge is -2.14. The van der Waals surface area contributed by atoms with Gasteiger partial charge < -0.3 is 5.32 Å². The van der Waals surface area contributed by atoms with Gasteiger partial charge in [0.05, 0.1) is 21.8 Å². The van der Waals surface area contributed by atoms with Crippen LogP contribution in [0.15, 0.2) is 46.8 Å². The van der Waals surface area contributed by atoms with Gasteiger partial charge in [-0.15, -0.1) is 10.2 Å². The zero-order chi connectivity index (χ0) is 24.2. The number of sulfonamides is 1. The standard InChI is InChI=1S/C20H19Cl2N5O4S2/c1-3-11(2)23-18(29)14-6-4-5-7-16(14)27-33(30,31)20-26-25-19(32-20)24-17(28)13-9-8-12(21)10-15(13)22/h4-11,27H,3H2,1-2H3,(H,23,29)(H,24,25,28)/t11-/m1/s1. The molecule has 3 rings (SSSR count).